The molecule has 0 radical (unpaired) electrons. The number of alkyl halides is 2. The lowest BCUT2D eigenvalue weighted by Crippen LogP contribution is -2.58. The van der Waals surface area contributed by atoms with Crippen molar-refractivity contribution in [3.8, 4) is 0 Å². The molecule has 0 fully saturated rings. The van der Waals surface area contributed by atoms with Gasteiger partial charge in [0.2, 0.25) is 5.78 Å². The minimum absolute atomic E-state index is 0.226. The van der Waals surface area contributed by atoms with E-state index in [0.29, 0.717) is 11.6 Å². The number of Topliss-reactive ketones (excluding diaryl/α,β-unsaturated/α-hetero) is 1. The third kappa shape index (κ3) is 3.86. The highest BCUT2D eigenvalue weighted by Crippen LogP contribution is 2.35. The first kappa shape index (κ1) is 19.5. The van der Waals surface area contributed by atoms with Gasteiger partial charge in [-0.25, -0.2) is 4.79 Å². The average molecular weight is 360 g/mol. The summed E-state index contributed by atoms with van der Waals surface area (Å²) in [6.07, 6.45) is 1.74. The van der Waals surface area contributed by atoms with Crippen LogP contribution in [0.15, 0.2) is 66.7 Å². The van der Waals surface area contributed by atoms with Crippen molar-refractivity contribution in [2.24, 2.45) is 0 Å². The van der Waals surface area contributed by atoms with Gasteiger partial charge in [-0.05, 0) is 18.6 Å². The number of ketones is 1. The Morgan fingerprint density at radius 2 is 1.58 bits per heavy atom. The van der Waals surface area contributed by atoms with Crippen LogP contribution in [0.1, 0.15) is 22.8 Å². The number of halogens is 2. The molecule has 2 aromatic carbocycles. The summed E-state index contributed by atoms with van der Waals surface area (Å²) >= 11 is 0. The zero-order valence-electron chi connectivity index (χ0n) is 14.1. The molecule has 0 aromatic heterocycles. The molecular weight excluding hydrogens is 342 g/mol. The first-order valence-corrected chi connectivity index (χ1v) is 7.94. The van der Waals surface area contributed by atoms with Gasteiger partial charge in [0, 0.05) is 5.56 Å². The second-order valence-electron chi connectivity index (χ2n) is 5.50. The fourth-order valence-corrected chi connectivity index (χ4v) is 2.27. The topological polar surface area (TPSA) is 63.6 Å². The summed E-state index contributed by atoms with van der Waals surface area (Å²) in [6, 6.07) is 15.0. The Kier molecular flexibility index (Phi) is 6.00. The number of hydrogen-bond donors (Lipinski definition) is 1. The van der Waals surface area contributed by atoms with Crippen LogP contribution in [-0.2, 0) is 9.53 Å². The molecule has 2 rings (SSSR count). The lowest BCUT2D eigenvalue weighted by atomic mass is 9.88. The van der Waals surface area contributed by atoms with Gasteiger partial charge in [0.15, 0.2) is 0 Å². The molecule has 136 valence electrons. The second kappa shape index (κ2) is 8.01. The molecule has 0 saturated carbocycles. The molecule has 0 bridgehead atoms. The zero-order valence-corrected chi connectivity index (χ0v) is 14.1. The molecule has 0 spiro atoms. The van der Waals surface area contributed by atoms with Crippen molar-refractivity contribution in [3.63, 3.8) is 0 Å². The van der Waals surface area contributed by atoms with Crippen molar-refractivity contribution in [2.75, 3.05) is 6.61 Å². The minimum atomic E-state index is -4.42. The molecule has 1 unspecified atom stereocenters. The van der Waals surface area contributed by atoms with E-state index in [1.54, 1.807) is 36.4 Å². The van der Waals surface area contributed by atoms with Crippen LogP contribution in [0.25, 0.3) is 6.08 Å². The Morgan fingerprint density at radius 3 is 2.12 bits per heavy atom. The summed E-state index contributed by atoms with van der Waals surface area (Å²) in [5, 5.41) is 10.5. The Hall–Kier alpha value is -2.86. The minimum Gasteiger partial charge on any atom is -0.463 e. The number of ether oxygens (including phenoxy) is 1. The summed E-state index contributed by atoms with van der Waals surface area (Å²) in [4.78, 5) is 24.4. The Labute approximate surface area is 149 Å². The molecule has 0 saturated heterocycles. The van der Waals surface area contributed by atoms with Crippen LogP contribution in [0.2, 0.25) is 0 Å². The molecular formula is C20H18F2O4. The number of carbonyl (C=O) groups is 2. The van der Waals surface area contributed by atoms with Crippen LogP contribution in [0.5, 0.6) is 0 Å². The van der Waals surface area contributed by atoms with Crippen molar-refractivity contribution in [1.82, 2.24) is 0 Å². The van der Waals surface area contributed by atoms with E-state index in [1.165, 1.54) is 31.2 Å². The molecule has 4 nitrogen and oxygen atoms in total. The van der Waals surface area contributed by atoms with Crippen molar-refractivity contribution in [3.05, 3.63) is 77.9 Å². The van der Waals surface area contributed by atoms with Crippen LogP contribution in [0, 0.1) is 0 Å². The normalized spacial score (nSPS) is 14.0. The highest BCUT2D eigenvalue weighted by atomic mass is 19.3. The van der Waals surface area contributed by atoms with E-state index in [4.69, 9.17) is 0 Å². The second-order valence-corrected chi connectivity index (χ2v) is 5.50. The molecule has 0 heterocycles. The van der Waals surface area contributed by atoms with E-state index in [1.807, 2.05) is 0 Å². The predicted molar refractivity (Wildman–Crippen MR) is 92.8 cm³/mol. The highest BCUT2D eigenvalue weighted by Gasteiger charge is 2.62. The third-order valence-corrected chi connectivity index (χ3v) is 3.70. The number of benzene rings is 2. The smallest absolute Gasteiger partial charge is 0.352 e. The summed E-state index contributed by atoms with van der Waals surface area (Å²) in [5.74, 6) is -7.70. The summed E-state index contributed by atoms with van der Waals surface area (Å²) in [7, 11) is 0. The van der Waals surface area contributed by atoms with Crippen LogP contribution < -0.4 is 0 Å². The maximum absolute atomic E-state index is 14.9. The number of aliphatic hydroxyl groups is 1. The monoisotopic (exact) mass is 360 g/mol. The number of rotatable bonds is 7. The third-order valence-electron chi connectivity index (χ3n) is 3.70. The summed E-state index contributed by atoms with van der Waals surface area (Å²) in [5.41, 5.74) is -3.29. The van der Waals surface area contributed by atoms with Crippen LogP contribution in [0.4, 0.5) is 8.78 Å². The van der Waals surface area contributed by atoms with Crippen molar-refractivity contribution in [1.29, 1.82) is 0 Å². The van der Waals surface area contributed by atoms with E-state index >= 15 is 0 Å². The van der Waals surface area contributed by atoms with Gasteiger partial charge in [-0.1, -0.05) is 66.7 Å². The highest BCUT2D eigenvalue weighted by molar-refractivity contribution is 6.06. The fraction of sp³-hybridized carbons (Fsp3) is 0.200. The Morgan fingerprint density at radius 1 is 1.04 bits per heavy atom. The maximum atomic E-state index is 14.9. The lowest BCUT2D eigenvalue weighted by molar-refractivity contribution is -0.185. The first-order chi connectivity index (χ1) is 12.3. The van der Waals surface area contributed by atoms with Gasteiger partial charge in [0.25, 0.3) is 5.60 Å². The van der Waals surface area contributed by atoms with E-state index in [0.717, 1.165) is 6.08 Å². The maximum Gasteiger partial charge on any atom is 0.352 e. The molecule has 1 N–H and O–H groups in total. The van der Waals surface area contributed by atoms with Crippen LogP contribution >= 0.6 is 0 Å². The number of carbonyl (C=O) groups excluding carboxylic acids is 2. The molecule has 26 heavy (non-hydrogen) atoms. The van der Waals surface area contributed by atoms with Crippen LogP contribution in [0.3, 0.4) is 0 Å². The number of esters is 1. The Balaban J connectivity index is 2.47. The molecule has 1 atom stereocenters. The van der Waals surface area contributed by atoms with Gasteiger partial charge in [0.05, 0.1) is 6.61 Å². The molecule has 0 aliphatic carbocycles. The van der Waals surface area contributed by atoms with Gasteiger partial charge >= 0.3 is 11.9 Å². The Bertz CT molecular complexity index is 788. The van der Waals surface area contributed by atoms with E-state index in [9.17, 15) is 23.5 Å². The van der Waals surface area contributed by atoms with Crippen LogP contribution in [-0.4, -0.2) is 35.0 Å². The van der Waals surface area contributed by atoms with E-state index < -0.39 is 23.3 Å². The molecule has 2 aromatic rings. The van der Waals surface area contributed by atoms with E-state index in [2.05, 4.69) is 4.74 Å². The summed E-state index contributed by atoms with van der Waals surface area (Å²) in [6.45, 7) is 1.19. The average Bonchev–Trinajstić information content (AvgIpc) is 2.67. The van der Waals surface area contributed by atoms with Gasteiger partial charge in [-0.15, -0.1) is 0 Å². The summed E-state index contributed by atoms with van der Waals surface area (Å²) < 4.78 is 34.3. The van der Waals surface area contributed by atoms with E-state index in [-0.39, 0.29) is 12.2 Å². The fourth-order valence-electron chi connectivity index (χ4n) is 2.27. The van der Waals surface area contributed by atoms with Gasteiger partial charge in [0.1, 0.15) is 0 Å². The van der Waals surface area contributed by atoms with Crippen molar-refractivity contribution >= 4 is 17.8 Å². The standard InChI is InChI=1S/C20H18F2O4/c1-2-26-18(24)19(25,14-13-15-9-5-3-6-10-15)20(21,22)17(23)16-11-7-4-8-12-16/h3-14,25H,2H2,1H3/b14-13+. The van der Waals surface area contributed by atoms with Crippen molar-refractivity contribution in [2.45, 2.75) is 18.4 Å². The molecule has 0 aliphatic rings. The largest absolute Gasteiger partial charge is 0.463 e. The molecule has 0 amide bonds. The lowest BCUT2D eigenvalue weighted by Gasteiger charge is -2.30. The predicted octanol–water partition coefficient (Wildman–Crippen LogP) is 3.51. The van der Waals surface area contributed by atoms with Gasteiger partial charge < -0.3 is 9.84 Å². The van der Waals surface area contributed by atoms with Gasteiger partial charge in [-0.3, -0.25) is 4.79 Å². The number of hydrogen-bond acceptors (Lipinski definition) is 4. The van der Waals surface area contributed by atoms with Crippen molar-refractivity contribution < 1.29 is 28.2 Å². The van der Waals surface area contributed by atoms with Gasteiger partial charge in [-0.2, -0.15) is 8.78 Å². The molecule has 6 heteroatoms. The quantitative estimate of drug-likeness (QED) is 0.606. The molecule has 0 aliphatic heterocycles. The first-order valence-electron chi connectivity index (χ1n) is 7.94. The zero-order chi connectivity index (χ0) is 19.2. The SMILES string of the molecule is CCOC(=O)C(O)(/C=C/c1ccccc1)C(F)(F)C(=O)c1ccccc1.